The fourth-order valence-electron chi connectivity index (χ4n) is 2.63. The summed E-state index contributed by atoms with van der Waals surface area (Å²) < 4.78 is 0. The molecule has 3 heteroatoms. The van der Waals surface area contributed by atoms with Crippen molar-refractivity contribution >= 4 is 22.3 Å². The van der Waals surface area contributed by atoms with Crippen LogP contribution < -0.4 is 10.6 Å². The Labute approximate surface area is 101 Å². The summed E-state index contributed by atoms with van der Waals surface area (Å²) in [6, 6.07) is 6.21. The van der Waals surface area contributed by atoms with Gasteiger partial charge in [0.25, 0.3) is 0 Å². The maximum Gasteiger partial charge on any atom is 0.136 e. The van der Waals surface area contributed by atoms with Gasteiger partial charge in [0.1, 0.15) is 5.82 Å². The summed E-state index contributed by atoms with van der Waals surface area (Å²) >= 11 is 0. The third-order valence-electron chi connectivity index (χ3n) is 3.44. The Hall–Kier alpha value is -1.77. The summed E-state index contributed by atoms with van der Waals surface area (Å²) in [5, 5.41) is 2.31. The number of pyridine rings is 1. The SMILES string of the molecule is Cc1cc(N)c2ccnc(N3CCCC3)c2c1. The number of aryl methyl sites for hydroxylation is 1. The molecule has 1 aliphatic rings. The second-order valence-corrected chi connectivity index (χ2v) is 4.78. The van der Waals surface area contributed by atoms with Crippen molar-refractivity contribution in [3.8, 4) is 0 Å². The molecule has 0 radical (unpaired) electrons. The van der Waals surface area contributed by atoms with Gasteiger partial charge in [-0.3, -0.25) is 0 Å². The normalized spacial score (nSPS) is 15.7. The van der Waals surface area contributed by atoms with Gasteiger partial charge in [-0.25, -0.2) is 4.98 Å². The maximum atomic E-state index is 6.08. The Bertz CT molecular complexity index is 557. The van der Waals surface area contributed by atoms with E-state index in [1.165, 1.54) is 23.8 Å². The minimum Gasteiger partial charge on any atom is -0.398 e. The Morgan fingerprint density at radius 2 is 1.94 bits per heavy atom. The molecule has 0 unspecified atom stereocenters. The van der Waals surface area contributed by atoms with E-state index in [9.17, 15) is 0 Å². The van der Waals surface area contributed by atoms with Crippen LogP contribution in [0.15, 0.2) is 24.4 Å². The van der Waals surface area contributed by atoms with E-state index in [2.05, 4.69) is 22.9 Å². The monoisotopic (exact) mass is 227 g/mol. The lowest BCUT2D eigenvalue weighted by Gasteiger charge is -2.19. The summed E-state index contributed by atoms with van der Waals surface area (Å²) in [6.45, 7) is 4.30. The number of benzene rings is 1. The zero-order chi connectivity index (χ0) is 11.8. The van der Waals surface area contributed by atoms with Gasteiger partial charge in [0.05, 0.1) is 0 Å². The second kappa shape index (κ2) is 3.91. The molecule has 17 heavy (non-hydrogen) atoms. The molecule has 0 amide bonds. The van der Waals surface area contributed by atoms with Gasteiger partial charge < -0.3 is 10.6 Å². The Kier molecular flexibility index (Phi) is 2.39. The highest BCUT2D eigenvalue weighted by Crippen LogP contribution is 2.31. The summed E-state index contributed by atoms with van der Waals surface area (Å²) in [6.07, 6.45) is 4.39. The zero-order valence-electron chi connectivity index (χ0n) is 10.1. The maximum absolute atomic E-state index is 6.08. The van der Waals surface area contributed by atoms with E-state index in [1.54, 1.807) is 0 Å². The molecule has 0 bridgehead atoms. The van der Waals surface area contributed by atoms with Crippen molar-refractivity contribution in [3.05, 3.63) is 30.0 Å². The van der Waals surface area contributed by atoms with E-state index in [4.69, 9.17) is 5.73 Å². The van der Waals surface area contributed by atoms with Crippen molar-refractivity contribution in [1.82, 2.24) is 4.98 Å². The van der Waals surface area contributed by atoms with Crippen LogP contribution in [0.3, 0.4) is 0 Å². The lowest BCUT2D eigenvalue weighted by atomic mass is 10.1. The van der Waals surface area contributed by atoms with Gasteiger partial charge in [0, 0.05) is 35.7 Å². The van der Waals surface area contributed by atoms with Crippen LogP contribution in [0.5, 0.6) is 0 Å². The lowest BCUT2D eigenvalue weighted by molar-refractivity contribution is 0.946. The van der Waals surface area contributed by atoms with Crippen LogP contribution in [0, 0.1) is 6.92 Å². The molecule has 2 heterocycles. The third-order valence-corrected chi connectivity index (χ3v) is 3.44. The van der Waals surface area contributed by atoms with Crippen molar-refractivity contribution in [1.29, 1.82) is 0 Å². The number of nitrogen functional groups attached to an aromatic ring is 1. The number of nitrogens with zero attached hydrogens (tertiary/aromatic N) is 2. The highest BCUT2D eigenvalue weighted by Gasteiger charge is 2.16. The highest BCUT2D eigenvalue weighted by molar-refractivity contribution is 6.00. The predicted molar refractivity (Wildman–Crippen MR) is 72.3 cm³/mol. The fraction of sp³-hybridized carbons (Fsp3) is 0.357. The molecule has 0 saturated carbocycles. The van der Waals surface area contributed by atoms with Crippen LogP contribution in [0.4, 0.5) is 11.5 Å². The molecule has 1 aromatic carbocycles. The van der Waals surface area contributed by atoms with E-state index in [0.717, 1.165) is 30.0 Å². The van der Waals surface area contributed by atoms with Crippen molar-refractivity contribution < 1.29 is 0 Å². The predicted octanol–water partition coefficient (Wildman–Crippen LogP) is 2.73. The third kappa shape index (κ3) is 1.71. The molecule has 1 saturated heterocycles. The number of anilines is 2. The van der Waals surface area contributed by atoms with E-state index in [1.807, 2.05) is 18.3 Å². The molecule has 2 aromatic rings. The minimum atomic E-state index is 0.850. The number of nitrogens with two attached hydrogens (primary N) is 1. The van der Waals surface area contributed by atoms with Crippen molar-refractivity contribution in [3.63, 3.8) is 0 Å². The lowest BCUT2D eigenvalue weighted by Crippen LogP contribution is -2.19. The molecular weight excluding hydrogens is 210 g/mol. The van der Waals surface area contributed by atoms with Crippen LogP contribution in [-0.2, 0) is 0 Å². The quantitative estimate of drug-likeness (QED) is 0.762. The number of aromatic nitrogens is 1. The first-order valence-corrected chi connectivity index (χ1v) is 6.15. The summed E-state index contributed by atoms with van der Waals surface area (Å²) in [5.74, 6) is 1.09. The van der Waals surface area contributed by atoms with Gasteiger partial charge in [-0.05, 0) is 43.5 Å². The van der Waals surface area contributed by atoms with Gasteiger partial charge in [0.2, 0.25) is 0 Å². The van der Waals surface area contributed by atoms with Gasteiger partial charge >= 0.3 is 0 Å². The first kappa shape index (κ1) is 10.4. The van der Waals surface area contributed by atoms with Crippen molar-refractivity contribution in [2.24, 2.45) is 0 Å². The number of fused-ring (bicyclic) bond motifs is 1. The summed E-state index contributed by atoms with van der Waals surface area (Å²) in [7, 11) is 0. The summed E-state index contributed by atoms with van der Waals surface area (Å²) in [4.78, 5) is 6.90. The fourth-order valence-corrected chi connectivity index (χ4v) is 2.63. The molecule has 2 N–H and O–H groups in total. The zero-order valence-corrected chi connectivity index (χ0v) is 10.1. The van der Waals surface area contributed by atoms with Gasteiger partial charge in [-0.1, -0.05) is 0 Å². The highest BCUT2D eigenvalue weighted by atomic mass is 15.2. The standard InChI is InChI=1S/C14H17N3/c1-10-8-12-11(13(15)9-10)4-5-16-14(12)17-6-2-3-7-17/h4-5,8-9H,2-3,6-7,15H2,1H3. The topological polar surface area (TPSA) is 42.1 Å². The van der Waals surface area contributed by atoms with Crippen LogP contribution in [-0.4, -0.2) is 18.1 Å². The van der Waals surface area contributed by atoms with Crippen LogP contribution in [0.1, 0.15) is 18.4 Å². The molecule has 3 nitrogen and oxygen atoms in total. The van der Waals surface area contributed by atoms with Crippen molar-refractivity contribution in [2.45, 2.75) is 19.8 Å². The largest absolute Gasteiger partial charge is 0.398 e. The summed E-state index contributed by atoms with van der Waals surface area (Å²) in [5.41, 5.74) is 8.13. The molecule has 0 aliphatic carbocycles. The molecule has 1 aromatic heterocycles. The van der Waals surface area contributed by atoms with Crippen LogP contribution >= 0.6 is 0 Å². The number of rotatable bonds is 1. The molecule has 3 rings (SSSR count). The first-order chi connectivity index (χ1) is 8.25. The molecule has 88 valence electrons. The van der Waals surface area contributed by atoms with Gasteiger partial charge in [0.15, 0.2) is 0 Å². The molecule has 1 aliphatic heterocycles. The van der Waals surface area contributed by atoms with Crippen LogP contribution in [0.25, 0.3) is 10.8 Å². The van der Waals surface area contributed by atoms with Crippen molar-refractivity contribution in [2.75, 3.05) is 23.7 Å². The Balaban J connectivity index is 2.24. The van der Waals surface area contributed by atoms with E-state index < -0.39 is 0 Å². The smallest absolute Gasteiger partial charge is 0.136 e. The molecular formula is C14H17N3. The minimum absolute atomic E-state index is 0.850. The molecule has 0 spiro atoms. The second-order valence-electron chi connectivity index (χ2n) is 4.78. The number of hydrogen-bond donors (Lipinski definition) is 1. The average molecular weight is 227 g/mol. The van der Waals surface area contributed by atoms with Gasteiger partial charge in [-0.15, -0.1) is 0 Å². The van der Waals surface area contributed by atoms with Gasteiger partial charge in [-0.2, -0.15) is 0 Å². The molecule has 0 atom stereocenters. The van der Waals surface area contributed by atoms with E-state index in [-0.39, 0.29) is 0 Å². The number of hydrogen-bond acceptors (Lipinski definition) is 3. The molecule has 1 fully saturated rings. The first-order valence-electron chi connectivity index (χ1n) is 6.15. The van der Waals surface area contributed by atoms with E-state index >= 15 is 0 Å². The Morgan fingerprint density at radius 1 is 1.18 bits per heavy atom. The van der Waals surface area contributed by atoms with E-state index in [0.29, 0.717) is 0 Å². The van der Waals surface area contributed by atoms with Crippen LogP contribution in [0.2, 0.25) is 0 Å². The average Bonchev–Trinajstić information content (AvgIpc) is 2.81. The Morgan fingerprint density at radius 3 is 2.71 bits per heavy atom.